The summed E-state index contributed by atoms with van der Waals surface area (Å²) < 4.78 is 5.59. The molecule has 1 atom stereocenters. The van der Waals surface area contributed by atoms with Gasteiger partial charge in [0.25, 0.3) is 5.91 Å². The number of amides is 1. The van der Waals surface area contributed by atoms with Crippen LogP contribution in [0.5, 0.6) is 0 Å². The van der Waals surface area contributed by atoms with Crippen molar-refractivity contribution < 1.29 is 9.21 Å². The van der Waals surface area contributed by atoms with Gasteiger partial charge in [0, 0.05) is 6.54 Å². The van der Waals surface area contributed by atoms with E-state index in [0.29, 0.717) is 17.1 Å². The van der Waals surface area contributed by atoms with Gasteiger partial charge in [-0.2, -0.15) is 0 Å². The summed E-state index contributed by atoms with van der Waals surface area (Å²) in [5.41, 5.74) is 0.390. The normalized spacial score (nSPS) is 16.8. The number of furan rings is 1. The lowest BCUT2D eigenvalue weighted by atomic mass is 10.1. The van der Waals surface area contributed by atoms with Crippen molar-refractivity contribution in [2.24, 2.45) is 0 Å². The lowest BCUT2D eigenvalue weighted by Crippen LogP contribution is -2.40. The van der Waals surface area contributed by atoms with Crippen LogP contribution in [0, 0.1) is 0 Å². The van der Waals surface area contributed by atoms with Crippen LogP contribution in [0.25, 0.3) is 0 Å². The van der Waals surface area contributed by atoms with E-state index in [1.165, 1.54) is 19.3 Å². The molecule has 24 heavy (non-hydrogen) atoms. The lowest BCUT2D eigenvalue weighted by molar-refractivity contribution is 0.0914. The molecule has 1 aliphatic heterocycles. The summed E-state index contributed by atoms with van der Waals surface area (Å²) in [6.07, 6.45) is 5.27. The van der Waals surface area contributed by atoms with Gasteiger partial charge in [-0.05, 0) is 50.2 Å². The van der Waals surface area contributed by atoms with Gasteiger partial charge >= 0.3 is 0 Å². The fraction of sp³-hybridized carbons (Fsp3) is 0.389. The van der Waals surface area contributed by atoms with Gasteiger partial charge in [-0.1, -0.05) is 35.7 Å². The molecule has 0 bridgehead atoms. The minimum atomic E-state index is -0.226. The molecule has 1 N–H and O–H groups in total. The lowest BCUT2D eigenvalue weighted by Gasteiger charge is -2.33. The molecule has 4 nitrogen and oxygen atoms in total. The van der Waals surface area contributed by atoms with Crippen molar-refractivity contribution in [2.75, 3.05) is 19.6 Å². The van der Waals surface area contributed by atoms with Crippen LogP contribution in [-0.2, 0) is 0 Å². The van der Waals surface area contributed by atoms with Gasteiger partial charge < -0.3 is 9.73 Å². The van der Waals surface area contributed by atoms with Crippen LogP contribution in [0.15, 0.2) is 41.0 Å². The third-order valence-electron chi connectivity index (χ3n) is 4.36. The Kier molecular flexibility index (Phi) is 5.82. The largest absolute Gasteiger partial charge is 0.468 e. The number of hydrogen-bond acceptors (Lipinski definition) is 3. The highest BCUT2D eigenvalue weighted by Gasteiger charge is 2.25. The molecule has 3 rings (SSSR count). The third kappa shape index (κ3) is 3.94. The van der Waals surface area contributed by atoms with Crippen molar-refractivity contribution in [3.05, 3.63) is 58.0 Å². The van der Waals surface area contributed by atoms with Crippen LogP contribution in [0.4, 0.5) is 0 Å². The van der Waals surface area contributed by atoms with Crippen LogP contribution in [0.1, 0.15) is 41.4 Å². The van der Waals surface area contributed by atoms with Gasteiger partial charge in [-0.3, -0.25) is 9.69 Å². The van der Waals surface area contributed by atoms with Gasteiger partial charge in [0.05, 0.1) is 27.9 Å². The molecule has 1 aliphatic rings. The van der Waals surface area contributed by atoms with Crippen molar-refractivity contribution >= 4 is 29.1 Å². The molecule has 0 aliphatic carbocycles. The van der Waals surface area contributed by atoms with Gasteiger partial charge in [-0.25, -0.2) is 0 Å². The molecule has 1 fully saturated rings. The highest BCUT2D eigenvalue weighted by atomic mass is 35.5. The van der Waals surface area contributed by atoms with E-state index in [4.69, 9.17) is 27.6 Å². The molecule has 6 heteroatoms. The number of likely N-dealkylation sites (tertiary alicyclic amines) is 1. The molecule has 2 aromatic rings. The number of carbonyl (C=O) groups is 1. The summed E-state index contributed by atoms with van der Waals surface area (Å²) in [5, 5.41) is 3.63. The highest BCUT2D eigenvalue weighted by Crippen LogP contribution is 2.27. The smallest absolute Gasteiger partial charge is 0.252 e. The summed E-state index contributed by atoms with van der Waals surface area (Å²) in [5.74, 6) is 0.644. The standard InChI is InChI=1S/C18H20Cl2N2O2/c19-14-7-4-6-13(17(14)20)18(23)21-12-15(16-8-5-11-24-16)22-9-2-1-3-10-22/h4-8,11,15H,1-3,9-10,12H2,(H,21,23). The minimum absolute atomic E-state index is 0.0298. The first-order valence-corrected chi connectivity index (χ1v) is 8.92. The maximum atomic E-state index is 12.5. The first-order chi connectivity index (χ1) is 11.7. The number of piperidine rings is 1. The Balaban J connectivity index is 1.71. The van der Waals surface area contributed by atoms with E-state index in [2.05, 4.69) is 10.2 Å². The zero-order valence-electron chi connectivity index (χ0n) is 13.3. The number of nitrogens with one attached hydrogen (secondary N) is 1. The predicted octanol–water partition coefficient (Wildman–Crippen LogP) is 4.54. The number of nitrogens with zero attached hydrogens (tertiary/aromatic N) is 1. The Morgan fingerprint density at radius 2 is 1.96 bits per heavy atom. The SMILES string of the molecule is O=C(NCC(c1ccco1)N1CCCCC1)c1cccc(Cl)c1Cl. The summed E-state index contributed by atoms with van der Waals surface area (Å²) in [7, 11) is 0. The number of hydrogen-bond donors (Lipinski definition) is 1. The monoisotopic (exact) mass is 366 g/mol. The Hall–Kier alpha value is -1.49. The first-order valence-electron chi connectivity index (χ1n) is 8.16. The summed E-state index contributed by atoms with van der Waals surface area (Å²) in [6.45, 7) is 2.49. The predicted molar refractivity (Wildman–Crippen MR) is 95.7 cm³/mol. The van der Waals surface area contributed by atoms with E-state index in [-0.39, 0.29) is 17.0 Å². The zero-order valence-corrected chi connectivity index (χ0v) is 14.8. The maximum absolute atomic E-state index is 12.5. The van der Waals surface area contributed by atoms with E-state index >= 15 is 0 Å². The number of rotatable bonds is 5. The Morgan fingerprint density at radius 3 is 2.67 bits per heavy atom. The first kappa shape index (κ1) is 17.3. The Morgan fingerprint density at radius 1 is 1.17 bits per heavy atom. The van der Waals surface area contributed by atoms with Crippen molar-refractivity contribution in [1.82, 2.24) is 10.2 Å². The molecular weight excluding hydrogens is 347 g/mol. The average Bonchev–Trinajstić information content (AvgIpc) is 3.12. The molecule has 0 spiro atoms. The highest BCUT2D eigenvalue weighted by molar-refractivity contribution is 6.43. The Labute approximate surface area is 151 Å². The third-order valence-corrected chi connectivity index (χ3v) is 5.17. The molecule has 1 aromatic heterocycles. The molecule has 0 saturated carbocycles. The second-order valence-electron chi connectivity index (χ2n) is 5.94. The van der Waals surface area contributed by atoms with Gasteiger partial charge in [0.1, 0.15) is 5.76 Å². The van der Waals surface area contributed by atoms with E-state index in [1.807, 2.05) is 12.1 Å². The fourth-order valence-corrected chi connectivity index (χ4v) is 3.47. The summed E-state index contributed by atoms with van der Waals surface area (Å²) in [6, 6.07) is 8.92. The topological polar surface area (TPSA) is 45.5 Å². The summed E-state index contributed by atoms with van der Waals surface area (Å²) >= 11 is 12.1. The van der Waals surface area contributed by atoms with Gasteiger partial charge in [0.2, 0.25) is 0 Å². The second kappa shape index (κ2) is 8.06. The Bertz CT molecular complexity index is 682. The average molecular weight is 367 g/mol. The number of benzene rings is 1. The van der Waals surface area contributed by atoms with Crippen molar-refractivity contribution in [3.63, 3.8) is 0 Å². The van der Waals surface area contributed by atoms with E-state index in [9.17, 15) is 4.79 Å². The minimum Gasteiger partial charge on any atom is -0.468 e. The zero-order chi connectivity index (χ0) is 16.9. The van der Waals surface area contributed by atoms with E-state index in [0.717, 1.165) is 18.8 Å². The van der Waals surface area contributed by atoms with Gasteiger partial charge in [-0.15, -0.1) is 0 Å². The van der Waals surface area contributed by atoms with Crippen LogP contribution in [-0.4, -0.2) is 30.4 Å². The molecule has 1 unspecified atom stereocenters. The maximum Gasteiger partial charge on any atom is 0.252 e. The molecule has 1 aromatic carbocycles. The molecule has 2 heterocycles. The fourth-order valence-electron chi connectivity index (χ4n) is 3.08. The molecule has 128 valence electrons. The van der Waals surface area contributed by atoms with E-state index in [1.54, 1.807) is 24.5 Å². The molecule has 0 radical (unpaired) electrons. The molecular formula is C18H20Cl2N2O2. The second-order valence-corrected chi connectivity index (χ2v) is 6.72. The number of carbonyl (C=O) groups excluding carboxylic acids is 1. The van der Waals surface area contributed by atoms with Crippen molar-refractivity contribution in [3.8, 4) is 0 Å². The summed E-state index contributed by atoms with van der Waals surface area (Å²) in [4.78, 5) is 14.8. The molecule has 1 amide bonds. The van der Waals surface area contributed by atoms with Crippen molar-refractivity contribution in [1.29, 1.82) is 0 Å². The van der Waals surface area contributed by atoms with Crippen LogP contribution < -0.4 is 5.32 Å². The van der Waals surface area contributed by atoms with Crippen LogP contribution in [0.3, 0.4) is 0 Å². The van der Waals surface area contributed by atoms with E-state index < -0.39 is 0 Å². The van der Waals surface area contributed by atoms with Crippen molar-refractivity contribution in [2.45, 2.75) is 25.3 Å². The van der Waals surface area contributed by atoms with Gasteiger partial charge in [0.15, 0.2) is 0 Å². The molecule has 1 saturated heterocycles. The quantitative estimate of drug-likeness (QED) is 0.844. The number of halogens is 2. The van der Waals surface area contributed by atoms with Crippen LogP contribution in [0.2, 0.25) is 10.0 Å². The van der Waals surface area contributed by atoms with Crippen LogP contribution >= 0.6 is 23.2 Å².